The molecule has 0 atom stereocenters. The number of allylic oxidation sites excluding steroid dienone is 1. The zero-order valence-corrected chi connectivity index (χ0v) is 18.6. The van der Waals surface area contributed by atoms with Gasteiger partial charge in [-0.05, 0) is 36.3 Å². The molecule has 1 aliphatic rings. The highest BCUT2D eigenvalue weighted by Gasteiger charge is 2.31. The lowest BCUT2D eigenvalue weighted by Crippen LogP contribution is -2.05. The molecular weight excluding hydrogens is 424 g/mol. The van der Waals surface area contributed by atoms with Crippen molar-refractivity contribution in [1.82, 2.24) is 0 Å². The van der Waals surface area contributed by atoms with Crippen molar-refractivity contribution in [3.63, 3.8) is 0 Å². The fraction of sp³-hybridized carbons (Fsp3) is 0.318. The Hall–Kier alpha value is -3.20. The Morgan fingerprint density at radius 2 is 1.71 bits per heavy atom. The van der Waals surface area contributed by atoms with Gasteiger partial charge in [-0.3, -0.25) is 4.79 Å². The van der Waals surface area contributed by atoms with E-state index in [-0.39, 0.29) is 27.7 Å². The van der Waals surface area contributed by atoms with Crippen molar-refractivity contribution in [2.45, 2.75) is 18.2 Å². The highest BCUT2D eigenvalue weighted by molar-refractivity contribution is 7.91. The van der Waals surface area contributed by atoms with Crippen LogP contribution in [0, 0.1) is 0 Å². The lowest BCUT2D eigenvalue weighted by Gasteiger charge is -2.13. The van der Waals surface area contributed by atoms with Crippen LogP contribution in [0.3, 0.4) is 0 Å². The summed E-state index contributed by atoms with van der Waals surface area (Å²) in [5, 5.41) is 0. The van der Waals surface area contributed by atoms with Crippen LogP contribution in [0.25, 0.3) is 6.08 Å². The molecule has 0 fully saturated rings. The largest absolute Gasteiger partial charge is 0.493 e. The van der Waals surface area contributed by atoms with Gasteiger partial charge in [0, 0.05) is 6.07 Å². The van der Waals surface area contributed by atoms with Gasteiger partial charge in [0.15, 0.2) is 23.2 Å². The Kier molecular flexibility index (Phi) is 6.74. The molecule has 31 heavy (non-hydrogen) atoms. The minimum absolute atomic E-state index is 0.0313. The number of ketones is 1. The van der Waals surface area contributed by atoms with Crippen LogP contribution in [-0.2, 0) is 9.84 Å². The summed E-state index contributed by atoms with van der Waals surface area (Å²) in [7, 11) is 0.975. The summed E-state index contributed by atoms with van der Waals surface area (Å²) in [5.74, 6) is 0.891. The van der Waals surface area contributed by atoms with Crippen molar-refractivity contribution < 1.29 is 36.9 Å². The third kappa shape index (κ3) is 4.61. The van der Waals surface area contributed by atoms with Gasteiger partial charge in [-0.25, -0.2) is 8.42 Å². The number of sulfone groups is 1. The van der Waals surface area contributed by atoms with Crippen molar-refractivity contribution in [2.75, 3.05) is 33.9 Å². The predicted molar refractivity (Wildman–Crippen MR) is 114 cm³/mol. The van der Waals surface area contributed by atoms with Gasteiger partial charge >= 0.3 is 0 Å². The Morgan fingerprint density at radius 3 is 2.29 bits per heavy atom. The zero-order valence-electron chi connectivity index (χ0n) is 17.8. The first kappa shape index (κ1) is 22.5. The first-order valence-electron chi connectivity index (χ1n) is 9.53. The third-order valence-corrected chi connectivity index (χ3v) is 6.01. The molecule has 2 aromatic carbocycles. The molecular formula is C22H24O8S. The minimum atomic E-state index is -3.54. The Bertz CT molecular complexity index is 1090. The maximum Gasteiger partial charge on any atom is 0.217 e. The van der Waals surface area contributed by atoms with Crippen LogP contribution in [0.5, 0.6) is 28.7 Å². The molecule has 0 N–H and O–H groups in total. The average Bonchev–Trinajstić information content (AvgIpc) is 3.08. The maximum absolute atomic E-state index is 12.9. The molecule has 0 unspecified atom stereocenters. The van der Waals surface area contributed by atoms with Crippen LogP contribution in [0.1, 0.15) is 29.3 Å². The van der Waals surface area contributed by atoms with E-state index in [0.717, 1.165) is 0 Å². The van der Waals surface area contributed by atoms with E-state index < -0.39 is 15.8 Å². The van der Waals surface area contributed by atoms with E-state index in [2.05, 4.69) is 0 Å². The SMILES string of the molecule is CCCOc1cc2c(cc1C(=O)C=Cc1cc(OC)c(OC)c(OC)c1)OCS2(=O)=O. The molecule has 0 spiro atoms. The normalized spacial score (nSPS) is 14.1. The summed E-state index contributed by atoms with van der Waals surface area (Å²) in [4.78, 5) is 13.0. The summed E-state index contributed by atoms with van der Waals surface area (Å²) in [6, 6.07) is 6.18. The Morgan fingerprint density at radius 1 is 1.03 bits per heavy atom. The van der Waals surface area contributed by atoms with Crippen LogP contribution in [0.2, 0.25) is 0 Å². The van der Waals surface area contributed by atoms with E-state index in [1.165, 1.54) is 39.5 Å². The maximum atomic E-state index is 12.9. The molecule has 0 saturated heterocycles. The lowest BCUT2D eigenvalue weighted by molar-refractivity contribution is 0.104. The molecule has 8 nitrogen and oxygen atoms in total. The first-order chi connectivity index (χ1) is 14.8. The number of hydrogen-bond acceptors (Lipinski definition) is 8. The molecule has 0 aliphatic carbocycles. The highest BCUT2D eigenvalue weighted by atomic mass is 32.2. The lowest BCUT2D eigenvalue weighted by atomic mass is 10.1. The van der Waals surface area contributed by atoms with Crippen molar-refractivity contribution in [3.05, 3.63) is 41.5 Å². The predicted octanol–water partition coefficient (Wildman–Crippen LogP) is 3.52. The highest BCUT2D eigenvalue weighted by Crippen LogP contribution is 2.39. The van der Waals surface area contributed by atoms with Crippen LogP contribution >= 0.6 is 0 Å². The molecule has 166 valence electrons. The number of benzene rings is 2. The monoisotopic (exact) mass is 448 g/mol. The van der Waals surface area contributed by atoms with Crippen LogP contribution in [0.15, 0.2) is 35.2 Å². The number of methoxy groups -OCH3 is 3. The van der Waals surface area contributed by atoms with E-state index in [4.69, 9.17) is 23.7 Å². The second-order valence-electron chi connectivity index (χ2n) is 6.68. The van der Waals surface area contributed by atoms with E-state index in [1.54, 1.807) is 18.2 Å². The van der Waals surface area contributed by atoms with Gasteiger partial charge in [-0.1, -0.05) is 13.0 Å². The fourth-order valence-electron chi connectivity index (χ4n) is 3.08. The number of hydrogen-bond donors (Lipinski definition) is 0. The topological polar surface area (TPSA) is 97.4 Å². The van der Waals surface area contributed by atoms with Gasteiger partial charge in [0.1, 0.15) is 16.4 Å². The van der Waals surface area contributed by atoms with Crippen LogP contribution in [-0.4, -0.2) is 48.1 Å². The quantitative estimate of drug-likeness (QED) is 0.425. The zero-order chi connectivity index (χ0) is 22.6. The van der Waals surface area contributed by atoms with Gasteiger partial charge < -0.3 is 23.7 Å². The summed E-state index contributed by atoms with van der Waals surface area (Å²) >= 11 is 0. The Labute approximate surface area is 181 Å². The van der Waals surface area contributed by atoms with Crippen molar-refractivity contribution >= 4 is 21.7 Å². The second-order valence-corrected chi connectivity index (χ2v) is 8.58. The molecule has 3 rings (SSSR count). The number of carbonyl (C=O) groups is 1. The molecule has 0 aromatic heterocycles. The molecule has 1 heterocycles. The molecule has 1 aliphatic heterocycles. The fourth-order valence-corrected chi connectivity index (χ4v) is 4.21. The van der Waals surface area contributed by atoms with Gasteiger partial charge in [0.25, 0.3) is 0 Å². The molecule has 9 heteroatoms. The van der Waals surface area contributed by atoms with Gasteiger partial charge in [-0.2, -0.15) is 0 Å². The summed E-state index contributed by atoms with van der Waals surface area (Å²) in [6.45, 7) is 2.26. The smallest absolute Gasteiger partial charge is 0.217 e. The average molecular weight is 448 g/mol. The van der Waals surface area contributed by atoms with E-state index in [0.29, 0.717) is 35.8 Å². The minimum Gasteiger partial charge on any atom is -0.493 e. The summed E-state index contributed by atoms with van der Waals surface area (Å²) in [5.41, 5.74) is 0.867. The molecule has 0 saturated carbocycles. The van der Waals surface area contributed by atoms with Gasteiger partial charge in [0.05, 0.1) is 33.5 Å². The second kappa shape index (κ2) is 9.30. The van der Waals surface area contributed by atoms with Crippen molar-refractivity contribution in [3.8, 4) is 28.7 Å². The standard InChI is InChI=1S/C22H24O8S/c1-5-8-29-17-12-21-18(30-13-31(21,24)25)11-15(17)16(23)7-6-14-9-19(26-2)22(28-4)20(10-14)27-3/h6-7,9-12H,5,8,13H2,1-4H3. The number of fused-ring (bicyclic) bond motifs is 1. The van der Waals surface area contributed by atoms with Crippen molar-refractivity contribution in [1.29, 1.82) is 0 Å². The van der Waals surface area contributed by atoms with E-state index in [1.807, 2.05) is 6.92 Å². The van der Waals surface area contributed by atoms with Gasteiger partial charge in [-0.15, -0.1) is 0 Å². The number of ether oxygens (including phenoxy) is 5. The number of rotatable bonds is 9. The summed E-state index contributed by atoms with van der Waals surface area (Å²) in [6.07, 6.45) is 3.67. The van der Waals surface area contributed by atoms with Crippen LogP contribution in [0.4, 0.5) is 0 Å². The summed E-state index contributed by atoms with van der Waals surface area (Å²) < 4.78 is 51.1. The molecule has 0 bridgehead atoms. The molecule has 0 radical (unpaired) electrons. The Balaban J connectivity index is 1.97. The van der Waals surface area contributed by atoms with E-state index in [9.17, 15) is 13.2 Å². The number of carbonyl (C=O) groups excluding carboxylic acids is 1. The third-order valence-electron chi connectivity index (χ3n) is 4.59. The van der Waals surface area contributed by atoms with Gasteiger partial charge in [0.2, 0.25) is 15.6 Å². The molecule has 0 amide bonds. The van der Waals surface area contributed by atoms with E-state index >= 15 is 0 Å². The molecule has 2 aromatic rings. The first-order valence-corrected chi connectivity index (χ1v) is 11.2. The van der Waals surface area contributed by atoms with Crippen LogP contribution < -0.4 is 23.7 Å². The van der Waals surface area contributed by atoms with Crippen molar-refractivity contribution in [2.24, 2.45) is 0 Å².